The van der Waals surface area contributed by atoms with Gasteiger partial charge in [-0.2, -0.15) is 4.98 Å². The summed E-state index contributed by atoms with van der Waals surface area (Å²) < 4.78 is 7.99. The Morgan fingerprint density at radius 3 is 2.65 bits per heavy atom. The quantitative estimate of drug-likeness (QED) is 0.857. The molecule has 0 spiro atoms. The number of rotatable bonds is 5. The largest absolute Gasteiger partial charge is 0.479 e. The molecular weight excluding hydrogens is 274 g/mol. The number of aromatic amines is 1. The predicted molar refractivity (Wildman–Crippen MR) is 81.7 cm³/mol. The molecule has 0 aliphatic carbocycles. The van der Waals surface area contributed by atoms with E-state index >= 15 is 0 Å². The second-order valence-electron chi connectivity index (χ2n) is 5.46. The minimum atomic E-state index is 0.242. The molecule has 0 radical (unpaired) electrons. The number of methoxy groups -OCH3 is 1. The van der Waals surface area contributed by atoms with Gasteiger partial charge in [0.15, 0.2) is 10.4 Å². The Morgan fingerprint density at radius 2 is 2.10 bits per heavy atom. The second kappa shape index (κ2) is 5.88. The highest BCUT2D eigenvalue weighted by Gasteiger charge is 2.22. The molecule has 1 unspecified atom stereocenters. The third-order valence-electron chi connectivity index (χ3n) is 3.32. The lowest BCUT2D eigenvalue weighted by Crippen LogP contribution is -2.28. The van der Waals surface area contributed by atoms with E-state index in [9.17, 15) is 0 Å². The molecule has 1 atom stereocenters. The van der Waals surface area contributed by atoms with E-state index in [0.717, 1.165) is 17.7 Å². The van der Waals surface area contributed by atoms with Crippen molar-refractivity contribution >= 4 is 23.4 Å². The maximum Gasteiger partial charge on any atom is 0.242 e. The fraction of sp³-hybridized carbons (Fsp3) is 0.615. The molecule has 1 N–H and O–H groups in total. The number of aromatic nitrogens is 4. The Labute approximate surface area is 123 Å². The van der Waals surface area contributed by atoms with Crippen molar-refractivity contribution in [2.45, 2.75) is 19.9 Å². The topological polar surface area (TPSA) is 59.0 Å². The predicted octanol–water partition coefficient (Wildman–Crippen LogP) is 2.26. The van der Waals surface area contributed by atoms with Crippen LogP contribution in [-0.2, 0) is 0 Å². The van der Waals surface area contributed by atoms with Crippen LogP contribution in [0.2, 0.25) is 0 Å². The maximum atomic E-state index is 5.47. The molecule has 0 aromatic carbocycles. The van der Waals surface area contributed by atoms with E-state index in [4.69, 9.17) is 17.0 Å². The maximum absolute atomic E-state index is 5.47. The molecule has 7 heteroatoms. The van der Waals surface area contributed by atoms with Crippen molar-refractivity contribution in [1.82, 2.24) is 24.4 Å². The van der Waals surface area contributed by atoms with Crippen LogP contribution in [0.5, 0.6) is 5.88 Å². The first-order chi connectivity index (χ1) is 9.45. The summed E-state index contributed by atoms with van der Waals surface area (Å²) in [5.41, 5.74) is 1.55. The SMILES string of the molecule is COc1ncnc2c1[nH]c(=S)n2C(CN(C)C)C(C)C. The fourth-order valence-corrected chi connectivity index (χ4v) is 2.67. The zero-order chi connectivity index (χ0) is 14.9. The zero-order valence-corrected chi connectivity index (χ0v) is 13.4. The van der Waals surface area contributed by atoms with Gasteiger partial charge in [-0.05, 0) is 32.2 Å². The number of hydrogen-bond donors (Lipinski definition) is 1. The Kier molecular flexibility index (Phi) is 4.39. The highest BCUT2D eigenvalue weighted by atomic mass is 32.1. The average Bonchev–Trinajstić information content (AvgIpc) is 2.71. The normalized spacial score (nSPS) is 13.3. The second-order valence-corrected chi connectivity index (χ2v) is 5.84. The molecule has 2 rings (SSSR count). The smallest absolute Gasteiger partial charge is 0.242 e. The van der Waals surface area contributed by atoms with Crippen molar-refractivity contribution in [2.24, 2.45) is 5.92 Å². The number of likely N-dealkylation sites (N-methyl/N-ethyl adjacent to an activating group) is 1. The van der Waals surface area contributed by atoms with Gasteiger partial charge in [0, 0.05) is 6.54 Å². The third-order valence-corrected chi connectivity index (χ3v) is 3.62. The summed E-state index contributed by atoms with van der Waals surface area (Å²) in [7, 11) is 5.71. The van der Waals surface area contributed by atoms with Gasteiger partial charge in [-0.15, -0.1) is 0 Å². The molecule has 0 aliphatic rings. The van der Waals surface area contributed by atoms with E-state index in [-0.39, 0.29) is 6.04 Å². The fourth-order valence-electron chi connectivity index (χ4n) is 2.34. The Morgan fingerprint density at radius 1 is 1.40 bits per heavy atom. The standard InChI is InChI=1S/C13H21N5OS/c1-8(2)9(6-17(3)4)18-11-10(16-13(18)20)12(19-5)15-7-14-11/h7-9H,6H2,1-5H3,(H,16,20). The summed E-state index contributed by atoms with van der Waals surface area (Å²) >= 11 is 5.47. The molecule has 110 valence electrons. The lowest BCUT2D eigenvalue weighted by Gasteiger charge is -2.26. The van der Waals surface area contributed by atoms with Crippen molar-refractivity contribution < 1.29 is 4.74 Å². The van der Waals surface area contributed by atoms with Crippen LogP contribution in [0, 0.1) is 10.7 Å². The van der Waals surface area contributed by atoms with Gasteiger partial charge in [-0.1, -0.05) is 13.8 Å². The minimum Gasteiger partial charge on any atom is -0.479 e. The van der Waals surface area contributed by atoms with E-state index in [1.54, 1.807) is 7.11 Å². The lowest BCUT2D eigenvalue weighted by molar-refractivity contribution is 0.271. The molecule has 0 fully saturated rings. The van der Waals surface area contributed by atoms with Crippen LogP contribution in [0.15, 0.2) is 6.33 Å². The molecule has 2 heterocycles. The van der Waals surface area contributed by atoms with Crippen molar-refractivity contribution in [1.29, 1.82) is 0 Å². The average molecular weight is 295 g/mol. The summed E-state index contributed by atoms with van der Waals surface area (Å²) in [6.45, 7) is 5.27. The minimum absolute atomic E-state index is 0.242. The van der Waals surface area contributed by atoms with Gasteiger partial charge in [0.25, 0.3) is 0 Å². The molecule has 0 bridgehead atoms. The van der Waals surface area contributed by atoms with Gasteiger partial charge in [-0.3, -0.25) is 4.57 Å². The van der Waals surface area contributed by atoms with Gasteiger partial charge in [0.1, 0.15) is 11.8 Å². The summed E-state index contributed by atoms with van der Waals surface area (Å²) in [6, 6.07) is 0.242. The number of H-pyrrole nitrogens is 1. The molecule has 0 amide bonds. The van der Waals surface area contributed by atoms with Gasteiger partial charge in [0.05, 0.1) is 13.2 Å². The van der Waals surface area contributed by atoms with Crippen molar-refractivity contribution in [2.75, 3.05) is 27.7 Å². The van der Waals surface area contributed by atoms with E-state index < -0.39 is 0 Å². The first-order valence-corrected chi connectivity index (χ1v) is 7.00. The Hall–Kier alpha value is -1.47. The van der Waals surface area contributed by atoms with E-state index in [0.29, 0.717) is 16.6 Å². The summed E-state index contributed by atoms with van der Waals surface area (Å²) in [5, 5.41) is 0. The first-order valence-electron chi connectivity index (χ1n) is 6.59. The van der Waals surface area contributed by atoms with Crippen molar-refractivity contribution in [3.63, 3.8) is 0 Å². The van der Waals surface area contributed by atoms with E-state index in [2.05, 4.69) is 52.4 Å². The molecule has 20 heavy (non-hydrogen) atoms. The van der Waals surface area contributed by atoms with E-state index in [1.807, 2.05) is 0 Å². The molecule has 6 nitrogen and oxygen atoms in total. The number of nitrogens with one attached hydrogen (secondary N) is 1. The van der Waals surface area contributed by atoms with Crippen molar-refractivity contribution in [3.05, 3.63) is 11.1 Å². The number of fused-ring (bicyclic) bond motifs is 1. The van der Waals surface area contributed by atoms with Crippen LogP contribution in [0.1, 0.15) is 19.9 Å². The molecule has 0 saturated heterocycles. The van der Waals surface area contributed by atoms with E-state index in [1.165, 1.54) is 6.33 Å². The van der Waals surface area contributed by atoms with Crippen LogP contribution in [0.3, 0.4) is 0 Å². The highest BCUT2D eigenvalue weighted by Crippen LogP contribution is 2.27. The number of ether oxygens (including phenoxy) is 1. The van der Waals surface area contributed by atoms with Crippen molar-refractivity contribution in [3.8, 4) is 5.88 Å². The summed E-state index contributed by atoms with van der Waals surface area (Å²) in [5.74, 6) is 0.955. The zero-order valence-electron chi connectivity index (χ0n) is 12.5. The first kappa shape index (κ1) is 14.9. The van der Waals surface area contributed by atoms with Gasteiger partial charge >= 0.3 is 0 Å². The summed E-state index contributed by atoms with van der Waals surface area (Å²) in [6.07, 6.45) is 1.51. The third kappa shape index (κ3) is 2.69. The van der Waals surface area contributed by atoms with Crippen LogP contribution >= 0.6 is 12.2 Å². The lowest BCUT2D eigenvalue weighted by atomic mass is 10.0. The molecular formula is C13H21N5OS. The van der Waals surface area contributed by atoms with Crippen LogP contribution < -0.4 is 4.74 Å². The molecule has 2 aromatic heterocycles. The highest BCUT2D eigenvalue weighted by molar-refractivity contribution is 7.71. The van der Waals surface area contributed by atoms with Crippen LogP contribution in [0.25, 0.3) is 11.2 Å². The monoisotopic (exact) mass is 295 g/mol. The Balaban J connectivity index is 2.63. The number of imidazole rings is 1. The molecule has 2 aromatic rings. The van der Waals surface area contributed by atoms with Gasteiger partial charge < -0.3 is 14.6 Å². The Bertz CT molecular complexity index is 646. The molecule has 0 aliphatic heterocycles. The molecule has 0 saturated carbocycles. The van der Waals surface area contributed by atoms with Crippen LogP contribution in [0.4, 0.5) is 0 Å². The van der Waals surface area contributed by atoms with Gasteiger partial charge in [-0.25, -0.2) is 4.98 Å². The summed E-state index contributed by atoms with van der Waals surface area (Å²) in [4.78, 5) is 13.8. The number of hydrogen-bond acceptors (Lipinski definition) is 5. The number of nitrogens with zero attached hydrogens (tertiary/aromatic N) is 4. The van der Waals surface area contributed by atoms with Gasteiger partial charge in [0.2, 0.25) is 5.88 Å². The van der Waals surface area contributed by atoms with Crippen LogP contribution in [-0.4, -0.2) is 52.2 Å².